The minimum atomic E-state index is -0.869. The van der Waals surface area contributed by atoms with Crippen LogP contribution >= 0.6 is 0 Å². The van der Waals surface area contributed by atoms with Crippen molar-refractivity contribution in [1.29, 1.82) is 0 Å². The predicted octanol–water partition coefficient (Wildman–Crippen LogP) is 3.03. The SMILES string of the molecule is CCC(CC)C[S+]([O-])c1[c]cccc1. The van der Waals surface area contributed by atoms with Crippen LogP contribution < -0.4 is 0 Å². The zero-order valence-corrected chi connectivity index (χ0v) is 9.64. The summed E-state index contributed by atoms with van der Waals surface area (Å²) in [5.41, 5.74) is 0. The van der Waals surface area contributed by atoms with Crippen molar-refractivity contribution < 1.29 is 4.55 Å². The molecule has 1 rings (SSSR count). The van der Waals surface area contributed by atoms with Crippen LogP contribution in [0.15, 0.2) is 29.2 Å². The average Bonchev–Trinajstić information content (AvgIpc) is 2.26. The van der Waals surface area contributed by atoms with E-state index in [0.29, 0.717) is 5.92 Å². The van der Waals surface area contributed by atoms with E-state index in [4.69, 9.17) is 0 Å². The largest absolute Gasteiger partial charge is 0.611 e. The number of rotatable bonds is 5. The maximum atomic E-state index is 11.9. The van der Waals surface area contributed by atoms with Crippen molar-refractivity contribution in [3.8, 4) is 0 Å². The van der Waals surface area contributed by atoms with Gasteiger partial charge in [-0.3, -0.25) is 0 Å². The molecule has 0 spiro atoms. The molecule has 1 atom stereocenters. The molecular formula is C12H17OS. The fraction of sp³-hybridized carbons (Fsp3) is 0.500. The quantitative estimate of drug-likeness (QED) is 0.684. The van der Waals surface area contributed by atoms with Gasteiger partial charge in [-0.15, -0.1) is 0 Å². The summed E-state index contributed by atoms with van der Waals surface area (Å²) in [5, 5.41) is 0. The van der Waals surface area contributed by atoms with E-state index in [0.717, 1.165) is 23.5 Å². The Morgan fingerprint density at radius 3 is 2.57 bits per heavy atom. The average molecular weight is 209 g/mol. The molecule has 1 unspecified atom stereocenters. The first-order valence-corrected chi connectivity index (χ1v) is 6.44. The van der Waals surface area contributed by atoms with Crippen molar-refractivity contribution in [2.75, 3.05) is 5.75 Å². The van der Waals surface area contributed by atoms with E-state index < -0.39 is 11.2 Å². The fourth-order valence-electron chi connectivity index (χ4n) is 1.35. The standard InChI is InChI=1S/C12H17OS/c1-3-11(4-2)10-14(13)12-8-6-5-7-9-12/h5-8,11H,3-4,10H2,1-2H3. The second kappa shape index (κ2) is 6.10. The third-order valence-corrected chi connectivity index (χ3v) is 3.99. The molecule has 0 amide bonds. The molecule has 1 radical (unpaired) electrons. The maximum Gasteiger partial charge on any atom is 0.160 e. The van der Waals surface area contributed by atoms with Crippen LogP contribution in [0.2, 0.25) is 0 Å². The highest BCUT2D eigenvalue weighted by atomic mass is 32.2. The third kappa shape index (κ3) is 3.35. The molecule has 77 valence electrons. The molecule has 2 heteroatoms. The van der Waals surface area contributed by atoms with Gasteiger partial charge in [-0.05, 0) is 36.2 Å². The second-order valence-electron chi connectivity index (χ2n) is 3.42. The van der Waals surface area contributed by atoms with Crippen LogP contribution in [0.5, 0.6) is 0 Å². The maximum absolute atomic E-state index is 11.9. The molecule has 0 aliphatic rings. The monoisotopic (exact) mass is 209 g/mol. The molecule has 0 saturated carbocycles. The van der Waals surface area contributed by atoms with E-state index in [1.54, 1.807) is 0 Å². The fourth-order valence-corrected chi connectivity index (χ4v) is 2.86. The lowest BCUT2D eigenvalue weighted by atomic mass is 10.1. The van der Waals surface area contributed by atoms with Gasteiger partial charge in [0.2, 0.25) is 0 Å². The molecule has 0 fully saturated rings. The lowest BCUT2D eigenvalue weighted by Gasteiger charge is -2.15. The van der Waals surface area contributed by atoms with Crippen LogP contribution in [0, 0.1) is 12.0 Å². The first-order valence-electron chi connectivity index (χ1n) is 5.13. The highest BCUT2D eigenvalue weighted by Gasteiger charge is 2.15. The van der Waals surface area contributed by atoms with Gasteiger partial charge in [0.25, 0.3) is 0 Å². The molecule has 0 heterocycles. The first kappa shape index (κ1) is 11.6. The van der Waals surface area contributed by atoms with E-state index in [1.807, 2.05) is 24.3 Å². The Morgan fingerprint density at radius 2 is 2.07 bits per heavy atom. The summed E-state index contributed by atoms with van der Waals surface area (Å²) < 4.78 is 11.9. The van der Waals surface area contributed by atoms with Crippen LogP contribution in [0.3, 0.4) is 0 Å². The Kier molecular flexibility index (Phi) is 5.05. The molecule has 0 aliphatic carbocycles. The van der Waals surface area contributed by atoms with E-state index in [9.17, 15) is 4.55 Å². The molecule has 14 heavy (non-hydrogen) atoms. The zero-order chi connectivity index (χ0) is 10.4. The molecule has 0 saturated heterocycles. The number of hydrogen-bond donors (Lipinski definition) is 0. The molecule has 0 aromatic heterocycles. The Hall–Kier alpha value is -0.470. The van der Waals surface area contributed by atoms with Gasteiger partial charge in [-0.25, -0.2) is 0 Å². The van der Waals surface area contributed by atoms with Crippen molar-refractivity contribution in [1.82, 2.24) is 0 Å². The van der Waals surface area contributed by atoms with E-state index in [1.165, 1.54) is 0 Å². The molecule has 0 bridgehead atoms. The van der Waals surface area contributed by atoms with Gasteiger partial charge in [0.05, 0.1) is 0 Å². The summed E-state index contributed by atoms with van der Waals surface area (Å²) in [5.74, 6) is 1.34. The Bertz CT molecular complexity index is 244. The highest BCUT2D eigenvalue weighted by molar-refractivity contribution is 7.91. The summed E-state index contributed by atoms with van der Waals surface area (Å²) in [6, 6.07) is 10.5. The molecule has 0 N–H and O–H groups in total. The summed E-state index contributed by atoms with van der Waals surface area (Å²) >= 11 is -0.869. The first-order chi connectivity index (χ1) is 6.77. The van der Waals surface area contributed by atoms with Gasteiger partial charge >= 0.3 is 0 Å². The minimum absolute atomic E-state index is 0.574. The Labute approximate surface area is 89.7 Å². The lowest BCUT2D eigenvalue weighted by molar-refractivity contribution is 0.523. The van der Waals surface area contributed by atoms with Crippen LogP contribution in [0.25, 0.3) is 0 Å². The van der Waals surface area contributed by atoms with Crippen LogP contribution in [-0.4, -0.2) is 10.3 Å². The Morgan fingerprint density at radius 1 is 1.36 bits per heavy atom. The van der Waals surface area contributed by atoms with Crippen LogP contribution in [0.4, 0.5) is 0 Å². The van der Waals surface area contributed by atoms with Crippen LogP contribution in [0.1, 0.15) is 26.7 Å². The summed E-state index contributed by atoms with van der Waals surface area (Å²) in [6.45, 7) is 4.31. The van der Waals surface area contributed by atoms with Crippen LogP contribution in [-0.2, 0) is 11.2 Å². The van der Waals surface area contributed by atoms with Gasteiger partial charge < -0.3 is 4.55 Å². The summed E-state index contributed by atoms with van der Waals surface area (Å²) in [7, 11) is 0. The second-order valence-corrected chi connectivity index (χ2v) is 4.89. The lowest BCUT2D eigenvalue weighted by Crippen LogP contribution is -2.15. The zero-order valence-electron chi connectivity index (χ0n) is 8.82. The molecule has 1 aromatic carbocycles. The predicted molar refractivity (Wildman–Crippen MR) is 60.6 cm³/mol. The van der Waals surface area contributed by atoms with Gasteiger partial charge in [-0.2, -0.15) is 0 Å². The van der Waals surface area contributed by atoms with Crippen molar-refractivity contribution in [2.45, 2.75) is 31.6 Å². The van der Waals surface area contributed by atoms with Gasteiger partial charge in [0, 0.05) is 12.0 Å². The smallest absolute Gasteiger partial charge is 0.160 e. The van der Waals surface area contributed by atoms with E-state index in [2.05, 4.69) is 19.9 Å². The minimum Gasteiger partial charge on any atom is -0.611 e. The topological polar surface area (TPSA) is 23.1 Å². The van der Waals surface area contributed by atoms with E-state index >= 15 is 0 Å². The molecule has 1 aromatic rings. The summed E-state index contributed by atoms with van der Waals surface area (Å²) in [4.78, 5) is 0.833. The van der Waals surface area contributed by atoms with Crippen molar-refractivity contribution >= 4 is 11.2 Å². The van der Waals surface area contributed by atoms with Crippen molar-refractivity contribution in [3.05, 3.63) is 30.3 Å². The number of benzene rings is 1. The number of hydrogen-bond acceptors (Lipinski definition) is 1. The van der Waals surface area contributed by atoms with Gasteiger partial charge in [0.1, 0.15) is 5.75 Å². The molecule has 0 aliphatic heterocycles. The van der Waals surface area contributed by atoms with Gasteiger partial charge in [-0.1, -0.05) is 26.0 Å². The summed E-state index contributed by atoms with van der Waals surface area (Å²) in [6.07, 6.45) is 2.21. The molecule has 1 nitrogen and oxygen atoms in total. The van der Waals surface area contributed by atoms with Crippen molar-refractivity contribution in [2.24, 2.45) is 5.92 Å². The normalized spacial score (nSPS) is 13.1. The highest BCUT2D eigenvalue weighted by Crippen LogP contribution is 2.17. The van der Waals surface area contributed by atoms with Crippen molar-refractivity contribution in [3.63, 3.8) is 0 Å². The third-order valence-electron chi connectivity index (χ3n) is 2.47. The Balaban J connectivity index is 2.54. The van der Waals surface area contributed by atoms with E-state index in [-0.39, 0.29) is 0 Å². The van der Waals surface area contributed by atoms with Gasteiger partial charge in [0.15, 0.2) is 4.90 Å². The molecular weight excluding hydrogens is 192 g/mol.